The van der Waals surface area contributed by atoms with Crippen LogP contribution in [0.25, 0.3) is 22.3 Å². The number of benzene rings is 2. The third kappa shape index (κ3) is 4.81. The number of nitrogens with one attached hydrogen (secondary N) is 1. The highest BCUT2D eigenvalue weighted by atomic mass is 32.1. The zero-order valence-electron chi connectivity index (χ0n) is 17.6. The van der Waals surface area contributed by atoms with Crippen LogP contribution >= 0.6 is 11.3 Å². The Morgan fingerprint density at radius 1 is 1.03 bits per heavy atom. The smallest absolute Gasteiger partial charge is 0.248 e. The fraction of sp³-hybridized carbons (Fsp3) is 0.0400. The van der Waals surface area contributed by atoms with E-state index in [-0.39, 0.29) is 5.91 Å². The highest BCUT2D eigenvalue weighted by Gasteiger charge is 2.12. The molecular formula is C25H20N6OS. The van der Waals surface area contributed by atoms with Crippen molar-refractivity contribution in [3.05, 3.63) is 108 Å². The van der Waals surface area contributed by atoms with E-state index in [1.54, 1.807) is 28.4 Å². The molecule has 0 saturated heterocycles. The number of thiophene rings is 1. The summed E-state index contributed by atoms with van der Waals surface area (Å²) in [6, 6.07) is 21.6. The van der Waals surface area contributed by atoms with E-state index in [4.69, 9.17) is 5.10 Å². The number of carbonyl (C=O) groups is 1. The van der Waals surface area contributed by atoms with Gasteiger partial charge in [-0.1, -0.05) is 42.5 Å². The quantitative estimate of drug-likeness (QED) is 0.357. The Hall–Kier alpha value is -4.30. The van der Waals surface area contributed by atoms with Crippen molar-refractivity contribution in [1.29, 1.82) is 0 Å². The molecule has 0 aliphatic heterocycles. The molecule has 0 aliphatic carbocycles. The number of para-hydroxylation sites is 2. The molecule has 0 bridgehead atoms. The van der Waals surface area contributed by atoms with Crippen LogP contribution in [0.4, 0.5) is 5.69 Å². The number of hydrogen-bond donors (Lipinski definition) is 1. The van der Waals surface area contributed by atoms with Crippen LogP contribution in [-0.2, 0) is 11.3 Å². The number of amides is 1. The number of rotatable bonds is 7. The van der Waals surface area contributed by atoms with E-state index in [1.165, 1.54) is 12.4 Å². The molecule has 0 unspecified atom stereocenters. The second kappa shape index (κ2) is 9.46. The van der Waals surface area contributed by atoms with Crippen molar-refractivity contribution >= 4 is 29.0 Å². The predicted octanol–water partition coefficient (Wildman–Crippen LogP) is 4.89. The molecule has 0 radical (unpaired) electrons. The summed E-state index contributed by atoms with van der Waals surface area (Å²) >= 11 is 1.62. The molecule has 7 nitrogen and oxygen atoms in total. The molecular weight excluding hydrogens is 432 g/mol. The van der Waals surface area contributed by atoms with Crippen LogP contribution in [0.2, 0.25) is 0 Å². The maximum atomic E-state index is 12.8. The molecule has 5 aromatic rings. The minimum Gasteiger partial charge on any atom is -0.322 e. The van der Waals surface area contributed by atoms with Gasteiger partial charge < -0.3 is 5.32 Å². The van der Waals surface area contributed by atoms with E-state index in [0.717, 1.165) is 33.1 Å². The summed E-state index contributed by atoms with van der Waals surface area (Å²) in [6.45, 7) is 0.520. The minimum absolute atomic E-state index is 0.217. The van der Waals surface area contributed by atoms with Gasteiger partial charge in [0.15, 0.2) is 0 Å². The van der Waals surface area contributed by atoms with Gasteiger partial charge in [0.2, 0.25) is 5.91 Å². The maximum absolute atomic E-state index is 12.8. The summed E-state index contributed by atoms with van der Waals surface area (Å²) in [5.41, 5.74) is 4.35. The van der Waals surface area contributed by atoms with Crippen molar-refractivity contribution in [1.82, 2.24) is 24.5 Å². The second-order valence-electron chi connectivity index (χ2n) is 7.26. The third-order valence-corrected chi connectivity index (χ3v) is 5.88. The molecule has 1 N–H and O–H groups in total. The van der Waals surface area contributed by atoms with Crippen LogP contribution < -0.4 is 5.32 Å². The molecule has 0 atom stereocenters. The van der Waals surface area contributed by atoms with Crippen LogP contribution in [0.15, 0.2) is 97.0 Å². The van der Waals surface area contributed by atoms with Crippen molar-refractivity contribution in [2.45, 2.75) is 6.54 Å². The molecule has 0 aliphatic rings. The summed E-state index contributed by atoms with van der Waals surface area (Å²) in [6.07, 6.45) is 8.42. The van der Waals surface area contributed by atoms with E-state index in [2.05, 4.69) is 15.4 Å². The van der Waals surface area contributed by atoms with Gasteiger partial charge in [-0.25, -0.2) is 14.3 Å². The zero-order chi connectivity index (χ0) is 22.5. The average molecular weight is 453 g/mol. The van der Waals surface area contributed by atoms with Crippen molar-refractivity contribution in [3.63, 3.8) is 0 Å². The lowest BCUT2D eigenvalue weighted by atomic mass is 10.1. The van der Waals surface area contributed by atoms with Gasteiger partial charge in [-0.15, -0.1) is 11.3 Å². The summed E-state index contributed by atoms with van der Waals surface area (Å²) in [5, 5.41) is 13.9. The lowest BCUT2D eigenvalue weighted by Gasteiger charge is -2.09. The molecule has 1 amide bonds. The third-order valence-electron chi connectivity index (χ3n) is 5.01. The van der Waals surface area contributed by atoms with Crippen LogP contribution in [0, 0.1) is 0 Å². The normalized spacial score (nSPS) is 11.2. The fourth-order valence-corrected chi connectivity index (χ4v) is 4.17. The van der Waals surface area contributed by atoms with Crippen LogP contribution in [0.1, 0.15) is 11.1 Å². The van der Waals surface area contributed by atoms with Crippen LogP contribution in [0.5, 0.6) is 0 Å². The van der Waals surface area contributed by atoms with Crippen LogP contribution in [-0.4, -0.2) is 30.5 Å². The van der Waals surface area contributed by atoms with Gasteiger partial charge in [0.25, 0.3) is 0 Å². The lowest BCUT2D eigenvalue weighted by Crippen LogP contribution is -2.11. The van der Waals surface area contributed by atoms with Gasteiger partial charge in [0.05, 0.1) is 17.1 Å². The number of carbonyl (C=O) groups excluding carboxylic acids is 1. The van der Waals surface area contributed by atoms with Crippen LogP contribution in [0.3, 0.4) is 0 Å². The van der Waals surface area contributed by atoms with Gasteiger partial charge in [-0.2, -0.15) is 10.2 Å². The molecule has 2 aromatic carbocycles. The molecule has 5 rings (SSSR count). The largest absolute Gasteiger partial charge is 0.322 e. The highest BCUT2D eigenvalue weighted by molar-refractivity contribution is 7.13. The number of hydrogen-bond acceptors (Lipinski definition) is 5. The van der Waals surface area contributed by atoms with Gasteiger partial charge in [-0.05, 0) is 41.3 Å². The minimum atomic E-state index is -0.217. The van der Waals surface area contributed by atoms with E-state index in [1.807, 2.05) is 83.0 Å². The van der Waals surface area contributed by atoms with Crippen molar-refractivity contribution in [2.75, 3.05) is 5.32 Å². The van der Waals surface area contributed by atoms with Gasteiger partial charge in [0, 0.05) is 23.5 Å². The Morgan fingerprint density at radius 2 is 1.88 bits per heavy atom. The van der Waals surface area contributed by atoms with E-state index >= 15 is 0 Å². The monoisotopic (exact) mass is 452 g/mol. The SMILES string of the molecule is O=C(C=Cc1cn(-c2ccccc2)nc1-c1cccs1)Nc1ccccc1Cn1cncn1. The summed E-state index contributed by atoms with van der Waals surface area (Å²) in [5.74, 6) is -0.217. The summed E-state index contributed by atoms with van der Waals surface area (Å²) in [7, 11) is 0. The molecule has 0 spiro atoms. The summed E-state index contributed by atoms with van der Waals surface area (Å²) in [4.78, 5) is 17.8. The fourth-order valence-electron chi connectivity index (χ4n) is 3.44. The molecule has 33 heavy (non-hydrogen) atoms. The second-order valence-corrected chi connectivity index (χ2v) is 8.21. The lowest BCUT2D eigenvalue weighted by molar-refractivity contribution is -0.111. The Morgan fingerprint density at radius 3 is 2.67 bits per heavy atom. The molecule has 8 heteroatoms. The number of nitrogens with zero attached hydrogens (tertiary/aromatic N) is 5. The van der Waals surface area contributed by atoms with Crippen molar-refractivity contribution < 1.29 is 4.79 Å². The standard InChI is InChI=1S/C25H20N6OS/c32-24(28-22-10-5-4-7-19(22)15-30-18-26-17-27-30)13-12-20-16-31(21-8-2-1-3-9-21)29-25(20)23-11-6-14-33-23/h1-14,16-18H,15H2,(H,28,32). The first-order valence-corrected chi connectivity index (χ1v) is 11.2. The highest BCUT2D eigenvalue weighted by Crippen LogP contribution is 2.28. The molecule has 162 valence electrons. The Kier molecular flexibility index (Phi) is 5.90. The zero-order valence-corrected chi connectivity index (χ0v) is 18.4. The molecule has 3 aromatic heterocycles. The predicted molar refractivity (Wildman–Crippen MR) is 130 cm³/mol. The van der Waals surface area contributed by atoms with Gasteiger partial charge in [0.1, 0.15) is 18.3 Å². The Bertz CT molecular complexity index is 1370. The first kappa shape index (κ1) is 20.6. The number of anilines is 1. The summed E-state index contributed by atoms with van der Waals surface area (Å²) < 4.78 is 3.55. The van der Waals surface area contributed by atoms with Crippen molar-refractivity contribution in [3.8, 4) is 16.3 Å². The molecule has 3 heterocycles. The van der Waals surface area contributed by atoms with Crippen molar-refractivity contribution in [2.24, 2.45) is 0 Å². The van der Waals surface area contributed by atoms with E-state index < -0.39 is 0 Å². The number of aromatic nitrogens is 5. The first-order chi connectivity index (χ1) is 16.3. The first-order valence-electron chi connectivity index (χ1n) is 10.3. The molecule has 0 fully saturated rings. The Balaban J connectivity index is 1.38. The van der Waals surface area contributed by atoms with E-state index in [9.17, 15) is 4.79 Å². The molecule has 0 saturated carbocycles. The maximum Gasteiger partial charge on any atom is 0.248 e. The Labute approximate surface area is 194 Å². The topological polar surface area (TPSA) is 77.6 Å². The van der Waals surface area contributed by atoms with Gasteiger partial charge in [-0.3, -0.25) is 4.79 Å². The average Bonchev–Trinajstić information content (AvgIpc) is 3.61. The van der Waals surface area contributed by atoms with Gasteiger partial charge >= 0.3 is 0 Å². The van der Waals surface area contributed by atoms with E-state index in [0.29, 0.717) is 6.54 Å².